The lowest BCUT2D eigenvalue weighted by molar-refractivity contribution is 0.362. The molecule has 1 N–H and O–H groups in total. The number of thiocarbonyl (C=S) groups is 1. The van der Waals surface area contributed by atoms with Crippen molar-refractivity contribution in [3.8, 4) is 6.07 Å². The summed E-state index contributed by atoms with van der Waals surface area (Å²) in [6.45, 7) is 8.94. The predicted octanol–water partition coefficient (Wildman–Crippen LogP) is 3.62. The van der Waals surface area contributed by atoms with Crippen molar-refractivity contribution in [1.29, 1.82) is 5.26 Å². The number of para-hydroxylation sites is 1. The van der Waals surface area contributed by atoms with E-state index in [9.17, 15) is 0 Å². The minimum atomic E-state index is 0.276. The van der Waals surface area contributed by atoms with Crippen LogP contribution in [0.5, 0.6) is 0 Å². The van der Waals surface area contributed by atoms with E-state index in [0.29, 0.717) is 18.1 Å². The third-order valence-electron chi connectivity index (χ3n) is 3.06. The maximum atomic E-state index is 8.72. The second-order valence-corrected chi connectivity index (χ2v) is 5.28. The van der Waals surface area contributed by atoms with E-state index in [0.717, 1.165) is 5.69 Å². The summed E-state index contributed by atoms with van der Waals surface area (Å²) >= 11 is 5.47. The normalized spacial score (nSPS) is 10.1. The highest BCUT2D eigenvalue weighted by molar-refractivity contribution is 7.80. The van der Waals surface area contributed by atoms with Crippen molar-refractivity contribution in [2.75, 3.05) is 11.9 Å². The zero-order chi connectivity index (χ0) is 14.4. The largest absolute Gasteiger partial charge is 0.346 e. The minimum absolute atomic E-state index is 0.276. The van der Waals surface area contributed by atoms with Crippen molar-refractivity contribution >= 4 is 23.0 Å². The fourth-order valence-corrected chi connectivity index (χ4v) is 2.36. The molecule has 0 aliphatic heterocycles. The second kappa shape index (κ2) is 7.10. The van der Waals surface area contributed by atoms with Crippen molar-refractivity contribution in [2.24, 2.45) is 0 Å². The van der Waals surface area contributed by atoms with Crippen LogP contribution in [0.3, 0.4) is 0 Å². The molecule has 102 valence electrons. The molecular weight excluding hydrogens is 254 g/mol. The van der Waals surface area contributed by atoms with Gasteiger partial charge in [0.25, 0.3) is 0 Å². The van der Waals surface area contributed by atoms with Gasteiger partial charge in [0.05, 0.1) is 12.5 Å². The molecule has 0 aromatic heterocycles. The molecule has 4 heteroatoms. The highest BCUT2D eigenvalue weighted by Crippen LogP contribution is 2.20. The summed E-state index contributed by atoms with van der Waals surface area (Å²) in [5.74, 6) is 0. The Kier molecular flexibility index (Phi) is 5.78. The van der Waals surface area contributed by atoms with Crippen molar-refractivity contribution in [2.45, 2.75) is 40.2 Å². The average molecular weight is 275 g/mol. The van der Waals surface area contributed by atoms with Gasteiger partial charge in [0, 0.05) is 18.3 Å². The van der Waals surface area contributed by atoms with Gasteiger partial charge in [-0.1, -0.05) is 18.2 Å². The number of nitrogens with zero attached hydrogens (tertiary/aromatic N) is 2. The number of anilines is 1. The highest BCUT2D eigenvalue weighted by atomic mass is 32.1. The number of hydrogen-bond acceptors (Lipinski definition) is 2. The Labute approximate surface area is 121 Å². The standard InChI is InChI=1S/C15H21N3S/c1-11(2)18(10-6-9-16)15(19)17-14-12(3)7-5-8-13(14)4/h5,7-8,11H,6,10H2,1-4H3,(H,17,19). The predicted molar refractivity (Wildman–Crippen MR) is 84.2 cm³/mol. The molecule has 1 rings (SSSR count). The molecule has 0 spiro atoms. The molecule has 3 nitrogen and oxygen atoms in total. The number of nitrogens with one attached hydrogen (secondary N) is 1. The number of hydrogen-bond donors (Lipinski definition) is 1. The Hall–Kier alpha value is -1.60. The summed E-state index contributed by atoms with van der Waals surface area (Å²) < 4.78 is 0. The molecule has 0 saturated heterocycles. The van der Waals surface area contributed by atoms with Gasteiger partial charge in [0.15, 0.2) is 5.11 Å². The topological polar surface area (TPSA) is 39.1 Å². The van der Waals surface area contributed by atoms with E-state index in [-0.39, 0.29) is 6.04 Å². The molecule has 0 fully saturated rings. The summed E-state index contributed by atoms with van der Waals surface area (Å²) in [5, 5.41) is 12.7. The first kappa shape index (κ1) is 15.5. The Balaban J connectivity index is 2.85. The number of benzene rings is 1. The SMILES string of the molecule is Cc1cccc(C)c1NC(=S)N(CCC#N)C(C)C. The third-order valence-corrected chi connectivity index (χ3v) is 3.40. The van der Waals surface area contributed by atoms with Crippen LogP contribution in [0.2, 0.25) is 0 Å². The van der Waals surface area contributed by atoms with Crippen LogP contribution < -0.4 is 5.32 Å². The molecule has 0 unspecified atom stereocenters. The van der Waals surface area contributed by atoms with Gasteiger partial charge in [0.1, 0.15) is 0 Å². The van der Waals surface area contributed by atoms with E-state index in [1.165, 1.54) is 11.1 Å². The maximum absolute atomic E-state index is 8.72. The van der Waals surface area contributed by atoms with Gasteiger partial charge >= 0.3 is 0 Å². The van der Waals surface area contributed by atoms with Crippen molar-refractivity contribution in [1.82, 2.24) is 4.90 Å². The molecule has 0 saturated carbocycles. The third kappa shape index (κ3) is 4.22. The molecule has 0 bridgehead atoms. The van der Waals surface area contributed by atoms with Crippen LogP contribution in [0.4, 0.5) is 5.69 Å². The zero-order valence-corrected chi connectivity index (χ0v) is 12.8. The van der Waals surface area contributed by atoms with Gasteiger partial charge in [-0.3, -0.25) is 0 Å². The lowest BCUT2D eigenvalue weighted by Gasteiger charge is -2.29. The maximum Gasteiger partial charge on any atom is 0.173 e. The van der Waals surface area contributed by atoms with E-state index in [2.05, 4.69) is 51.2 Å². The Bertz CT molecular complexity index is 468. The summed E-state index contributed by atoms with van der Waals surface area (Å²) in [6, 6.07) is 8.60. The number of aryl methyl sites for hydroxylation is 2. The first-order valence-electron chi connectivity index (χ1n) is 6.48. The summed E-state index contributed by atoms with van der Waals surface area (Å²) in [6.07, 6.45) is 0.479. The fraction of sp³-hybridized carbons (Fsp3) is 0.467. The van der Waals surface area contributed by atoms with Crippen molar-refractivity contribution < 1.29 is 0 Å². The Morgan fingerprint density at radius 2 is 1.95 bits per heavy atom. The molecule has 1 aromatic rings. The Morgan fingerprint density at radius 1 is 1.37 bits per heavy atom. The average Bonchev–Trinajstić information content (AvgIpc) is 2.34. The zero-order valence-electron chi connectivity index (χ0n) is 12.0. The number of nitriles is 1. The minimum Gasteiger partial charge on any atom is -0.346 e. The van der Waals surface area contributed by atoms with Crippen LogP contribution >= 0.6 is 12.2 Å². The molecule has 0 atom stereocenters. The molecule has 0 amide bonds. The van der Waals surface area contributed by atoms with Gasteiger partial charge in [-0.25, -0.2) is 0 Å². The molecule has 0 aliphatic rings. The van der Waals surface area contributed by atoms with Gasteiger partial charge in [0.2, 0.25) is 0 Å². The smallest absolute Gasteiger partial charge is 0.173 e. The summed E-state index contributed by atoms with van der Waals surface area (Å²) in [4.78, 5) is 2.05. The molecular formula is C15H21N3S. The molecule has 19 heavy (non-hydrogen) atoms. The van der Waals surface area contributed by atoms with Crippen LogP contribution in [0, 0.1) is 25.2 Å². The molecule has 0 heterocycles. The summed E-state index contributed by atoms with van der Waals surface area (Å²) in [7, 11) is 0. The van der Waals surface area contributed by atoms with Gasteiger partial charge < -0.3 is 10.2 Å². The van der Waals surface area contributed by atoms with Crippen LogP contribution in [0.25, 0.3) is 0 Å². The molecule has 0 radical (unpaired) electrons. The van der Waals surface area contributed by atoms with Crippen molar-refractivity contribution in [3.63, 3.8) is 0 Å². The molecule has 0 aliphatic carbocycles. The van der Waals surface area contributed by atoms with Crippen LogP contribution in [0.1, 0.15) is 31.4 Å². The number of rotatable bonds is 4. The van der Waals surface area contributed by atoms with E-state index >= 15 is 0 Å². The quantitative estimate of drug-likeness (QED) is 0.852. The van der Waals surface area contributed by atoms with E-state index in [1.54, 1.807) is 0 Å². The van der Waals surface area contributed by atoms with E-state index < -0.39 is 0 Å². The van der Waals surface area contributed by atoms with E-state index in [4.69, 9.17) is 17.5 Å². The summed E-state index contributed by atoms with van der Waals surface area (Å²) in [5.41, 5.74) is 3.41. The highest BCUT2D eigenvalue weighted by Gasteiger charge is 2.14. The monoisotopic (exact) mass is 275 g/mol. The fourth-order valence-electron chi connectivity index (χ4n) is 1.96. The van der Waals surface area contributed by atoms with Crippen LogP contribution in [0.15, 0.2) is 18.2 Å². The lowest BCUT2D eigenvalue weighted by Crippen LogP contribution is -2.40. The van der Waals surface area contributed by atoms with Gasteiger partial charge in [-0.05, 0) is 51.0 Å². The van der Waals surface area contributed by atoms with Crippen LogP contribution in [-0.2, 0) is 0 Å². The van der Waals surface area contributed by atoms with Crippen LogP contribution in [-0.4, -0.2) is 22.6 Å². The first-order chi connectivity index (χ1) is 8.97. The van der Waals surface area contributed by atoms with Gasteiger partial charge in [-0.2, -0.15) is 5.26 Å². The van der Waals surface area contributed by atoms with E-state index in [1.807, 2.05) is 11.0 Å². The Morgan fingerprint density at radius 3 is 2.42 bits per heavy atom. The second-order valence-electron chi connectivity index (χ2n) is 4.89. The lowest BCUT2D eigenvalue weighted by atomic mass is 10.1. The van der Waals surface area contributed by atoms with Gasteiger partial charge in [-0.15, -0.1) is 0 Å². The molecule has 1 aromatic carbocycles. The first-order valence-corrected chi connectivity index (χ1v) is 6.89. The van der Waals surface area contributed by atoms with Crippen molar-refractivity contribution in [3.05, 3.63) is 29.3 Å².